The lowest BCUT2D eigenvalue weighted by atomic mass is 10.2. The van der Waals surface area contributed by atoms with Gasteiger partial charge in [-0.3, -0.25) is 14.1 Å². The SMILES string of the molecule is O=C(Cc1cn2ccsc2n1)NCC1CN(Cc2ccccc2)CCO1. The van der Waals surface area contributed by atoms with Crippen LogP contribution < -0.4 is 5.32 Å². The summed E-state index contributed by atoms with van der Waals surface area (Å²) in [7, 11) is 0. The molecule has 0 radical (unpaired) electrons. The van der Waals surface area contributed by atoms with Crippen LogP contribution in [0.25, 0.3) is 4.96 Å². The second-order valence-corrected chi connectivity index (χ2v) is 7.39. The number of imidazole rings is 1. The maximum atomic E-state index is 12.2. The van der Waals surface area contributed by atoms with Crippen LogP contribution in [-0.4, -0.2) is 52.5 Å². The van der Waals surface area contributed by atoms with Gasteiger partial charge in [0.1, 0.15) is 0 Å². The number of fused-ring (bicyclic) bond motifs is 1. The molecule has 0 saturated carbocycles. The quantitative estimate of drug-likeness (QED) is 0.721. The Morgan fingerprint density at radius 3 is 3.08 bits per heavy atom. The molecular formula is C19H22N4O2S. The summed E-state index contributed by atoms with van der Waals surface area (Å²) in [6.07, 6.45) is 4.19. The van der Waals surface area contributed by atoms with Crippen LogP contribution in [0.3, 0.4) is 0 Å². The molecule has 0 aliphatic carbocycles. The molecule has 26 heavy (non-hydrogen) atoms. The minimum atomic E-state index is -0.0143. The van der Waals surface area contributed by atoms with Gasteiger partial charge in [0.15, 0.2) is 4.96 Å². The molecule has 1 aromatic carbocycles. The number of rotatable bonds is 6. The molecular weight excluding hydrogens is 348 g/mol. The van der Waals surface area contributed by atoms with Gasteiger partial charge in [-0.05, 0) is 5.56 Å². The van der Waals surface area contributed by atoms with Crippen LogP contribution in [0, 0.1) is 0 Å². The third kappa shape index (κ3) is 4.30. The fourth-order valence-electron chi connectivity index (χ4n) is 3.21. The van der Waals surface area contributed by atoms with Crippen LogP contribution in [0.4, 0.5) is 0 Å². The van der Waals surface area contributed by atoms with E-state index >= 15 is 0 Å². The zero-order valence-electron chi connectivity index (χ0n) is 14.5. The standard InChI is InChI=1S/C19H22N4O2S/c24-18(10-16-13-23-7-9-26-19(23)21-16)20-11-17-14-22(6-8-25-17)12-15-4-2-1-3-5-15/h1-5,7,9,13,17H,6,8,10-12,14H2,(H,20,24). The zero-order chi connectivity index (χ0) is 17.8. The number of ether oxygens (including phenoxy) is 1. The number of carbonyl (C=O) groups is 1. The van der Waals surface area contributed by atoms with Crippen molar-refractivity contribution in [3.05, 3.63) is 59.4 Å². The molecule has 0 spiro atoms. The highest BCUT2D eigenvalue weighted by atomic mass is 32.1. The Bertz CT molecular complexity index is 832. The Labute approximate surface area is 156 Å². The Balaban J connectivity index is 1.24. The van der Waals surface area contributed by atoms with E-state index in [1.165, 1.54) is 5.56 Å². The molecule has 3 aromatic rings. The molecule has 4 rings (SSSR count). The van der Waals surface area contributed by atoms with Crippen LogP contribution in [0.5, 0.6) is 0 Å². The monoisotopic (exact) mass is 370 g/mol. The van der Waals surface area contributed by atoms with E-state index < -0.39 is 0 Å². The van der Waals surface area contributed by atoms with E-state index in [0.717, 1.165) is 30.3 Å². The number of hydrogen-bond donors (Lipinski definition) is 1. The lowest BCUT2D eigenvalue weighted by molar-refractivity contribution is -0.121. The zero-order valence-corrected chi connectivity index (χ0v) is 15.3. The molecule has 1 saturated heterocycles. The fraction of sp³-hybridized carbons (Fsp3) is 0.368. The topological polar surface area (TPSA) is 58.9 Å². The summed E-state index contributed by atoms with van der Waals surface area (Å²) in [6.45, 7) is 3.90. The van der Waals surface area contributed by atoms with Crippen molar-refractivity contribution in [1.82, 2.24) is 19.6 Å². The van der Waals surface area contributed by atoms with Gasteiger partial charge in [0.05, 0.1) is 24.8 Å². The number of amides is 1. The summed E-state index contributed by atoms with van der Waals surface area (Å²) in [5, 5.41) is 4.97. The average molecular weight is 370 g/mol. The highest BCUT2D eigenvalue weighted by molar-refractivity contribution is 7.15. The van der Waals surface area contributed by atoms with Gasteiger partial charge in [-0.2, -0.15) is 0 Å². The van der Waals surface area contributed by atoms with Crippen LogP contribution >= 0.6 is 11.3 Å². The first-order valence-corrected chi connectivity index (χ1v) is 9.70. The van der Waals surface area contributed by atoms with E-state index in [9.17, 15) is 4.79 Å². The molecule has 1 aliphatic heterocycles. The Hall–Kier alpha value is -2.22. The summed E-state index contributed by atoms with van der Waals surface area (Å²) in [5.41, 5.74) is 2.10. The smallest absolute Gasteiger partial charge is 0.226 e. The average Bonchev–Trinajstić information content (AvgIpc) is 3.23. The van der Waals surface area contributed by atoms with Crippen LogP contribution in [0.15, 0.2) is 48.1 Å². The summed E-state index contributed by atoms with van der Waals surface area (Å²) in [6, 6.07) is 10.4. The number of benzene rings is 1. The Kier molecular flexibility index (Phi) is 5.29. The second-order valence-electron chi connectivity index (χ2n) is 6.52. The largest absolute Gasteiger partial charge is 0.374 e. The molecule has 2 aromatic heterocycles. The number of aromatic nitrogens is 2. The van der Waals surface area contributed by atoms with Crippen LogP contribution in [0.2, 0.25) is 0 Å². The second kappa shape index (κ2) is 7.99. The first-order chi connectivity index (χ1) is 12.8. The Morgan fingerprint density at radius 1 is 1.35 bits per heavy atom. The van der Waals surface area contributed by atoms with E-state index in [1.54, 1.807) is 11.3 Å². The van der Waals surface area contributed by atoms with Crippen molar-refractivity contribution in [1.29, 1.82) is 0 Å². The summed E-state index contributed by atoms with van der Waals surface area (Å²) in [4.78, 5) is 19.9. The van der Waals surface area contributed by atoms with Gasteiger partial charge in [0.25, 0.3) is 0 Å². The molecule has 1 atom stereocenters. The van der Waals surface area contributed by atoms with Crippen LogP contribution in [-0.2, 0) is 22.5 Å². The van der Waals surface area contributed by atoms with E-state index in [2.05, 4.69) is 39.5 Å². The van der Waals surface area contributed by atoms with E-state index in [0.29, 0.717) is 19.6 Å². The molecule has 1 aliphatic rings. The van der Waals surface area contributed by atoms with E-state index in [1.807, 2.05) is 28.2 Å². The molecule has 7 heteroatoms. The molecule has 1 fully saturated rings. The highest BCUT2D eigenvalue weighted by Crippen LogP contribution is 2.12. The fourth-order valence-corrected chi connectivity index (χ4v) is 3.92. The summed E-state index contributed by atoms with van der Waals surface area (Å²) >= 11 is 1.57. The van der Waals surface area contributed by atoms with Gasteiger partial charge in [-0.1, -0.05) is 30.3 Å². The van der Waals surface area contributed by atoms with Gasteiger partial charge < -0.3 is 10.1 Å². The lowest BCUT2D eigenvalue weighted by Gasteiger charge is -2.33. The predicted molar refractivity (Wildman–Crippen MR) is 101 cm³/mol. The summed E-state index contributed by atoms with van der Waals surface area (Å²) in [5.74, 6) is -0.0143. The molecule has 1 unspecified atom stereocenters. The van der Waals surface area contributed by atoms with Crippen molar-refractivity contribution in [3.8, 4) is 0 Å². The number of thiazole rings is 1. The van der Waals surface area contributed by atoms with Crippen molar-refractivity contribution >= 4 is 22.2 Å². The minimum absolute atomic E-state index is 0.0143. The maximum Gasteiger partial charge on any atom is 0.226 e. The molecule has 6 nitrogen and oxygen atoms in total. The lowest BCUT2D eigenvalue weighted by Crippen LogP contribution is -2.47. The molecule has 1 N–H and O–H groups in total. The van der Waals surface area contributed by atoms with Gasteiger partial charge in [0.2, 0.25) is 5.91 Å². The summed E-state index contributed by atoms with van der Waals surface area (Å²) < 4.78 is 7.75. The number of morpholine rings is 1. The number of nitrogens with zero attached hydrogens (tertiary/aromatic N) is 3. The third-order valence-corrected chi connectivity index (χ3v) is 5.25. The van der Waals surface area contributed by atoms with Gasteiger partial charge >= 0.3 is 0 Å². The Morgan fingerprint density at radius 2 is 2.23 bits per heavy atom. The number of nitrogens with one attached hydrogen (secondary N) is 1. The molecule has 3 heterocycles. The van der Waals surface area contributed by atoms with Gasteiger partial charge in [-0.25, -0.2) is 4.98 Å². The first kappa shape index (κ1) is 17.2. The third-order valence-electron chi connectivity index (χ3n) is 4.48. The number of carbonyl (C=O) groups excluding carboxylic acids is 1. The van der Waals surface area contributed by atoms with Gasteiger partial charge in [0, 0.05) is 44.0 Å². The predicted octanol–water partition coefficient (Wildman–Crippen LogP) is 1.96. The molecule has 136 valence electrons. The maximum absolute atomic E-state index is 12.2. The van der Waals surface area contributed by atoms with Crippen molar-refractivity contribution < 1.29 is 9.53 Å². The van der Waals surface area contributed by atoms with E-state index in [-0.39, 0.29) is 12.0 Å². The highest BCUT2D eigenvalue weighted by Gasteiger charge is 2.21. The molecule has 1 amide bonds. The van der Waals surface area contributed by atoms with Crippen molar-refractivity contribution in [2.24, 2.45) is 0 Å². The normalized spacial score (nSPS) is 18.2. The minimum Gasteiger partial charge on any atom is -0.374 e. The van der Waals surface area contributed by atoms with Crippen molar-refractivity contribution in [3.63, 3.8) is 0 Å². The van der Waals surface area contributed by atoms with Gasteiger partial charge in [-0.15, -0.1) is 11.3 Å². The molecule has 0 bridgehead atoms. The van der Waals surface area contributed by atoms with E-state index in [4.69, 9.17) is 4.74 Å². The first-order valence-electron chi connectivity index (χ1n) is 8.82. The van der Waals surface area contributed by atoms with Crippen LogP contribution in [0.1, 0.15) is 11.3 Å². The van der Waals surface area contributed by atoms with Crippen molar-refractivity contribution in [2.75, 3.05) is 26.2 Å². The van der Waals surface area contributed by atoms with Crippen molar-refractivity contribution in [2.45, 2.75) is 19.1 Å². The number of hydrogen-bond acceptors (Lipinski definition) is 5.